The van der Waals surface area contributed by atoms with E-state index < -0.39 is 53.7 Å². The van der Waals surface area contributed by atoms with Gasteiger partial charge in [-0.15, -0.1) is 0 Å². The van der Waals surface area contributed by atoms with E-state index in [1.54, 1.807) is 6.92 Å². The summed E-state index contributed by atoms with van der Waals surface area (Å²) in [4.78, 5) is 72.3. The summed E-state index contributed by atoms with van der Waals surface area (Å²) in [5.74, 6) is -7.18. The van der Waals surface area contributed by atoms with Crippen molar-refractivity contribution in [2.45, 2.75) is 107 Å². The third-order valence-corrected chi connectivity index (χ3v) is 17.8. The topological polar surface area (TPSA) is 162 Å². The second-order valence-corrected chi connectivity index (χ2v) is 21.2. The zero-order chi connectivity index (χ0) is 46.4. The number of rotatable bonds is 13. The zero-order valence-corrected chi connectivity index (χ0v) is 37.6. The predicted octanol–water partition coefficient (Wildman–Crippen LogP) is 8.55. The van der Waals surface area contributed by atoms with Gasteiger partial charge in [0.1, 0.15) is 17.7 Å². The molecule has 67 heavy (non-hydrogen) atoms. The lowest BCUT2D eigenvalue weighted by Gasteiger charge is -2.33. The normalized spacial score (nSPS) is 36.0. The maximum Gasteiger partial charge on any atom is 0.407 e. The smallest absolute Gasteiger partial charge is 0.407 e. The standard InChI is InChI=1S/C51H55F4N7O5/c1-4-40(63)60-43(28-13-32-33(14-28)50(32,52)53)45(64)42-31(19-30-22(2)41(30)42)46-56-20-36(58-46)25-9-5-23(6-10-25)24-7-11-26(12-8-24)37-21-57-47(59-37)39-18-27-17-38(27)62(39)48(65)44(61-49(66)67-3)29-15-34-35(16-29)51(34,54)55/h5-12,20-22,27-35,38-39,41-44H,4,13-19H2,1-3H3,(H,56,58)(H,57,59)(H,60,63)(H,61,66)/t22-,27?,28-,29-,30+,31-,32-,33+,34-,35+,38?,39+,41-,42?,43?,44?/m1/s1. The van der Waals surface area contributed by atoms with Crippen molar-refractivity contribution in [2.24, 2.45) is 65.1 Å². The predicted molar refractivity (Wildman–Crippen MR) is 236 cm³/mol. The van der Waals surface area contributed by atoms with Gasteiger partial charge in [0.15, 0.2) is 5.78 Å². The molecule has 8 fully saturated rings. The quantitative estimate of drug-likeness (QED) is 0.0978. The van der Waals surface area contributed by atoms with Crippen molar-refractivity contribution in [3.8, 4) is 33.6 Å². The van der Waals surface area contributed by atoms with Crippen LogP contribution in [0.25, 0.3) is 33.6 Å². The molecule has 4 aromatic rings. The van der Waals surface area contributed by atoms with E-state index in [9.17, 15) is 36.7 Å². The summed E-state index contributed by atoms with van der Waals surface area (Å²) in [5, 5.41) is 5.67. The van der Waals surface area contributed by atoms with Crippen LogP contribution in [0.5, 0.6) is 0 Å². The number of amides is 3. The van der Waals surface area contributed by atoms with Crippen LogP contribution in [0.15, 0.2) is 60.9 Å². The van der Waals surface area contributed by atoms with Gasteiger partial charge in [-0.3, -0.25) is 14.4 Å². The number of likely N-dealkylation sites (tertiary alicyclic amines) is 1. The lowest BCUT2D eigenvalue weighted by molar-refractivity contribution is -0.137. The number of fused-ring (bicyclic) bond motifs is 4. The summed E-state index contributed by atoms with van der Waals surface area (Å²) in [6.07, 6.45) is 6.49. The number of carbonyl (C=O) groups is 4. The van der Waals surface area contributed by atoms with E-state index >= 15 is 0 Å². The fourth-order valence-electron chi connectivity index (χ4n) is 13.8. The van der Waals surface area contributed by atoms with Crippen molar-refractivity contribution >= 4 is 23.7 Å². The number of Topliss-reactive ketones (excluding diaryl/α,β-unsaturated/α-hetero) is 1. The third kappa shape index (κ3) is 6.95. The Morgan fingerprint density at radius 3 is 1.81 bits per heavy atom. The van der Waals surface area contributed by atoms with E-state index in [1.807, 2.05) is 65.8 Å². The molecule has 0 spiro atoms. The molecule has 3 heterocycles. The summed E-state index contributed by atoms with van der Waals surface area (Å²) in [6.45, 7) is 3.91. The molecule has 12 nitrogen and oxygen atoms in total. The fourth-order valence-corrected chi connectivity index (χ4v) is 13.8. The number of ketones is 1. The first-order chi connectivity index (χ1) is 32.2. The van der Waals surface area contributed by atoms with Crippen LogP contribution in [-0.2, 0) is 19.1 Å². The molecule has 2 aromatic heterocycles. The molecule has 2 aromatic carbocycles. The summed E-state index contributed by atoms with van der Waals surface area (Å²) >= 11 is 0. The van der Waals surface area contributed by atoms with Gasteiger partial charge in [-0.05, 0) is 91.6 Å². The Kier molecular flexibility index (Phi) is 9.73. The van der Waals surface area contributed by atoms with Gasteiger partial charge in [-0.1, -0.05) is 62.4 Å². The molecule has 7 aliphatic carbocycles. The largest absolute Gasteiger partial charge is 0.453 e. The fraction of sp³-hybridized carbons (Fsp3) is 0.569. The Labute approximate surface area is 385 Å². The third-order valence-electron chi connectivity index (χ3n) is 17.8. The highest BCUT2D eigenvalue weighted by Gasteiger charge is 2.74. The number of hydrogen-bond donors (Lipinski definition) is 4. The molecule has 3 amide bonds. The first kappa shape index (κ1) is 42.8. The Morgan fingerprint density at radius 1 is 0.731 bits per heavy atom. The molecule has 8 aliphatic rings. The van der Waals surface area contributed by atoms with Gasteiger partial charge in [-0.2, -0.15) is 0 Å². The van der Waals surface area contributed by atoms with Crippen LogP contribution < -0.4 is 10.6 Å². The van der Waals surface area contributed by atoms with Gasteiger partial charge in [0.05, 0.1) is 30.6 Å². The summed E-state index contributed by atoms with van der Waals surface area (Å²) in [5.41, 5.74) is 5.29. The second kappa shape index (κ2) is 15.2. The van der Waals surface area contributed by atoms with Crippen LogP contribution in [0.4, 0.5) is 22.4 Å². The van der Waals surface area contributed by atoms with E-state index in [0.717, 1.165) is 58.7 Å². The number of alkyl halides is 4. The Hall–Kier alpha value is -5.54. The minimum Gasteiger partial charge on any atom is -0.453 e. The average Bonchev–Trinajstić information content (AvgIpc) is 3.97. The van der Waals surface area contributed by atoms with E-state index in [1.165, 1.54) is 7.11 Å². The van der Waals surface area contributed by atoms with Gasteiger partial charge in [0.2, 0.25) is 11.8 Å². The molecule has 7 saturated carbocycles. The molecule has 16 atom stereocenters. The van der Waals surface area contributed by atoms with Crippen LogP contribution in [0.3, 0.4) is 0 Å². The summed E-state index contributed by atoms with van der Waals surface area (Å²) in [7, 11) is 1.23. The number of benzene rings is 2. The summed E-state index contributed by atoms with van der Waals surface area (Å²) < 4.78 is 61.5. The zero-order valence-electron chi connectivity index (χ0n) is 37.6. The van der Waals surface area contributed by atoms with Gasteiger partial charge in [-0.25, -0.2) is 32.3 Å². The number of nitrogens with zero attached hydrogens (tertiary/aromatic N) is 3. The molecule has 1 aliphatic heterocycles. The van der Waals surface area contributed by atoms with Gasteiger partial charge < -0.3 is 30.2 Å². The van der Waals surface area contributed by atoms with Gasteiger partial charge in [0, 0.05) is 71.5 Å². The molecular weight excluding hydrogens is 867 g/mol. The molecular formula is C51H55F4N7O5. The van der Waals surface area contributed by atoms with Crippen molar-refractivity contribution in [2.75, 3.05) is 7.11 Å². The summed E-state index contributed by atoms with van der Waals surface area (Å²) in [6, 6.07) is 14.2. The lowest BCUT2D eigenvalue weighted by atomic mass is 9.78. The number of hydrogen-bond acceptors (Lipinski definition) is 7. The number of imidazole rings is 2. The SMILES string of the molecule is CCC(=O)NC(C(=O)C1[C@@H]2[C@H](C)[C@@H]2C[C@H]1c1nc(-c2ccc(-c3ccc(-c4c[nH]c([C@@H]5CC6CC6N5C(=O)C(NC(=O)OC)[C@@H]5C[C@@H]6[C@H](C5)C6(F)F)n4)cc3)cc2)c[nH]1)[C@@H]1C[C@@H]2[C@H](C1)C2(F)F. The van der Waals surface area contributed by atoms with E-state index in [2.05, 4.69) is 27.5 Å². The number of methoxy groups -OCH3 is 1. The number of alkyl carbamates (subject to hydrolysis) is 1. The number of nitrogens with one attached hydrogen (secondary N) is 4. The molecule has 0 bridgehead atoms. The number of H-pyrrole nitrogens is 2. The van der Waals surface area contributed by atoms with Crippen LogP contribution in [0, 0.1) is 65.1 Å². The average molecular weight is 922 g/mol. The molecule has 1 saturated heterocycles. The van der Waals surface area contributed by atoms with Crippen LogP contribution in [0.2, 0.25) is 0 Å². The molecule has 4 N–H and O–H groups in total. The van der Waals surface area contributed by atoms with Crippen LogP contribution in [-0.4, -0.2) is 85.6 Å². The Balaban J connectivity index is 0.714. The van der Waals surface area contributed by atoms with E-state index in [-0.39, 0.29) is 91.4 Å². The minimum absolute atomic E-state index is 0.0198. The molecule has 12 rings (SSSR count). The highest BCUT2D eigenvalue weighted by molar-refractivity contribution is 5.92. The maximum absolute atomic E-state index is 14.5. The van der Waals surface area contributed by atoms with Crippen molar-refractivity contribution in [1.29, 1.82) is 0 Å². The number of piperidine rings is 1. The Morgan fingerprint density at radius 2 is 1.25 bits per heavy atom. The van der Waals surface area contributed by atoms with Gasteiger partial charge >= 0.3 is 6.09 Å². The van der Waals surface area contributed by atoms with Crippen molar-refractivity contribution in [1.82, 2.24) is 35.5 Å². The van der Waals surface area contributed by atoms with Crippen molar-refractivity contribution in [3.05, 3.63) is 72.6 Å². The lowest BCUT2D eigenvalue weighted by Crippen LogP contribution is -2.53. The highest BCUT2D eigenvalue weighted by atomic mass is 19.3. The number of halogens is 4. The first-order valence-corrected chi connectivity index (χ1v) is 24.2. The molecule has 0 radical (unpaired) electrons. The van der Waals surface area contributed by atoms with Crippen LogP contribution in [0.1, 0.15) is 88.8 Å². The highest BCUT2D eigenvalue weighted by Crippen LogP contribution is 2.69. The first-order valence-electron chi connectivity index (χ1n) is 24.2. The maximum atomic E-state index is 14.5. The van der Waals surface area contributed by atoms with Crippen molar-refractivity contribution in [3.63, 3.8) is 0 Å². The molecule has 352 valence electrons. The molecule has 5 unspecified atom stereocenters. The van der Waals surface area contributed by atoms with Gasteiger partial charge in [0.25, 0.3) is 11.8 Å². The van der Waals surface area contributed by atoms with E-state index in [0.29, 0.717) is 23.6 Å². The number of aromatic amines is 2. The number of aromatic nitrogens is 4. The van der Waals surface area contributed by atoms with E-state index in [4.69, 9.17) is 14.7 Å². The monoisotopic (exact) mass is 921 g/mol. The Bertz CT molecular complexity index is 2620. The number of ether oxygens (including phenoxy) is 1. The van der Waals surface area contributed by atoms with Crippen molar-refractivity contribution < 1.29 is 41.5 Å². The van der Waals surface area contributed by atoms with Crippen LogP contribution >= 0.6 is 0 Å². The minimum atomic E-state index is -2.69. The second-order valence-electron chi connectivity index (χ2n) is 21.2. The molecule has 16 heteroatoms. The number of carbonyl (C=O) groups excluding carboxylic acids is 4.